The van der Waals surface area contributed by atoms with E-state index < -0.39 is 5.97 Å². The second kappa shape index (κ2) is 5.61. The van der Waals surface area contributed by atoms with Crippen molar-refractivity contribution < 1.29 is 9.90 Å². The van der Waals surface area contributed by atoms with Gasteiger partial charge in [0.05, 0.1) is 11.1 Å². The number of nitrogens with zero attached hydrogens (tertiary/aromatic N) is 3. The lowest BCUT2D eigenvalue weighted by Crippen LogP contribution is -2.22. The quantitative estimate of drug-likeness (QED) is 0.910. The van der Waals surface area contributed by atoms with Gasteiger partial charge in [0, 0.05) is 6.54 Å². The van der Waals surface area contributed by atoms with Crippen molar-refractivity contribution >= 4 is 17.0 Å². The maximum Gasteiger partial charge on any atom is 0.335 e. The van der Waals surface area contributed by atoms with Crippen molar-refractivity contribution in [1.29, 1.82) is 0 Å². The summed E-state index contributed by atoms with van der Waals surface area (Å²) in [7, 11) is 0. The molecule has 1 heterocycles. The second-order valence-corrected chi connectivity index (χ2v) is 5.93. The Bertz CT molecular complexity index is 609. The van der Waals surface area contributed by atoms with Gasteiger partial charge in [-0.1, -0.05) is 32.9 Å². The average Bonchev–Trinajstić information content (AvgIpc) is 2.77. The van der Waals surface area contributed by atoms with Crippen LogP contribution >= 0.6 is 0 Å². The van der Waals surface area contributed by atoms with Gasteiger partial charge in [0.25, 0.3) is 0 Å². The van der Waals surface area contributed by atoms with Gasteiger partial charge in [-0.2, -0.15) is 0 Å². The van der Waals surface area contributed by atoms with Crippen LogP contribution in [0, 0.1) is 17.8 Å². The summed E-state index contributed by atoms with van der Waals surface area (Å²) in [6.45, 7) is 9.56. The van der Waals surface area contributed by atoms with E-state index in [4.69, 9.17) is 5.11 Å². The van der Waals surface area contributed by atoms with Gasteiger partial charge in [0.2, 0.25) is 0 Å². The summed E-state index contributed by atoms with van der Waals surface area (Å²) in [6.07, 6.45) is 0. The van der Waals surface area contributed by atoms with Gasteiger partial charge >= 0.3 is 5.97 Å². The van der Waals surface area contributed by atoms with Crippen molar-refractivity contribution in [3.63, 3.8) is 0 Å². The molecule has 0 spiro atoms. The minimum absolute atomic E-state index is 0.270. The van der Waals surface area contributed by atoms with Crippen molar-refractivity contribution in [2.75, 3.05) is 0 Å². The van der Waals surface area contributed by atoms with E-state index in [0.717, 1.165) is 17.6 Å². The molecule has 0 saturated carbocycles. The lowest BCUT2D eigenvalue weighted by atomic mass is 9.85. The van der Waals surface area contributed by atoms with Gasteiger partial charge in [-0.3, -0.25) is 0 Å². The molecule has 1 N–H and O–H groups in total. The Kier molecular flexibility index (Phi) is 4.06. The van der Waals surface area contributed by atoms with E-state index in [1.165, 1.54) is 0 Å². The summed E-state index contributed by atoms with van der Waals surface area (Å²) in [6, 6.07) is 4.92. The molecule has 0 fully saturated rings. The third kappa shape index (κ3) is 2.81. The Labute approximate surface area is 118 Å². The molecule has 0 amide bonds. The average molecular weight is 275 g/mol. The highest BCUT2D eigenvalue weighted by Gasteiger charge is 2.20. The molecular weight excluding hydrogens is 254 g/mol. The Morgan fingerprint density at radius 2 is 1.90 bits per heavy atom. The summed E-state index contributed by atoms with van der Waals surface area (Å²) < 4.78 is 1.83. The summed E-state index contributed by atoms with van der Waals surface area (Å²) >= 11 is 0. The molecule has 1 aromatic heterocycles. The van der Waals surface area contributed by atoms with Crippen molar-refractivity contribution in [3.05, 3.63) is 23.8 Å². The van der Waals surface area contributed by atoms with Crippen LogP contribution in [0.4, 0.5) is 0 Å². The maximum atomic E-state index is 11.1. The van der Waals surface area contributed by atoms with Gasteiger partial charge in [-0.05, 0) is 36.0 Å². The van der Waals surface area contributed by atoms with Crippen LogP contribution in [-0.4, -0.2) is 26.1 Å². The molecule has 0 saturated heterocycles. The fourth-order valence-electron chi connectivity index (χ4n) is 2.62. The van der Waals surface area contributed by atoms with Gasteiger partial charge in [-0.25, -0.2) is 9.48 Å². The minimum Gasteiger partial charge on any atom is -0.478 e. The van der Waals surface area contributed by atoms with Crippen LogP contribution < -0.4 is 0 Å². The first-order chi connectivity index (χ1) is 9.40. The molecule has 0 atom stereocenters. The summed E-state index contributed by atoms with van der Waals surface area (Å²) in [4.78, 5) is 11.1. The molecule has 2 aromatic rings. The molecule has 2 rings (SSSR count). The van der Waals surface area contributed by atoms with E-state index in [-0.39, 0.29) is 5.56 Å². The molecule has 5 heteroatoms. The van der Waals surface area contributed by atoms with E-state index in [1.807, 2.05) is 4.68 Å². The van der Waals surface area contributed by atoms with Crippen molar-refractivity contribution in [3.8, 4) is 0 Å². The molecule has 0 aliphatic heterocycles. The summed E-state index contributed by atoms with van der Waals surface area (Å²) in [5.74, 6) is 0.631. The Morgan fingerprint density at radius 1 is 1.25 bits per heavy atom. The topological polar surface area (TPSA) is 68.0 Å². The Hall–Kier alpha value is -1.91. The van der Waals surface area contributed by atoms with E-state index in [9.17, 15) is 4.79 Å². The third-order valence-electron chi connectivity index (χ3n) is 3.86. The summed E-state index contributed by atoms with van der Waals surface area (Å²) in [5, 5.41) is 17.4. The molecule has 0 aliphatic carbocycles. The van der Waals surface area contributed by atoms with Crippen molar-refractivity contribution in [1.82, 2.24) is 15.0 Å². The van der Waals surface area contributed by atoms with Crippen LogP contribution in [0.1, 0.15) is 38.1 Å². The molecular formula is C15H21N3O2. The standard InChI is InChI=1S/C15H21N3O2/c1-9(2)12(10(3)4)8-18-14-7-11(15(19)20)5-6-13(14)16-17-18/h5-7,9-10,12H,8H2,1-4H3,(H,19,20). The van der Waals surface area contributed by atoms with Crippen LogP contribution in [0.15, 0.2) is 18.2 Å². The minimum atomic E-state index is -0.927. The predicted octanol–water partition coefficient (Wildman–Crippen LogP) is 3.06. The number of benzene rings is 1. The van der Waals surface area contributed by atoms with Gasteiger partial charge in [0.1, 0.15) is 5.52 Å². The molecule has 0 bridgehead atoms. The number of fused-ring (bicyclic) bond motifs is 1. The highest BCUT2D eigenvalue weighted by atomic mass is 16.4. The summed E-state index contributed by atoms with van der Waals surface area (Å²) in [5.41, 5.74) is 1.80. The number of hydrogen-bond acceptors (Lipinski definition) is 3. The number of carboxylic acids is 1. The third-order valence-corrected chi connectivity index (χ3v) is 3.86. The van der Waals surface area contributed by atoms with Crippen LogP contribution in [0.2, 0.25) is 0 Å². The number of carbonyl (C=O) groups is 1. The lowest BCUT2D eigenvalue weighted by molar-refractivity contribution is 0.0697. The molecule has 1 aromatic carbocycles. The van der Waals surface area contributed by atoms with Gasteiger partial charge in [-0.15, -0.1) is 5.10 Å². The number of carboxylic acid groups (broad SMARTS) is 1. The van der Waals surface area contributed by atoms with Crippen LogP contribution in [0.3, 0.4) is 0 Å². The first-order valence-corrected chi connectivity index (χ1v) is 6.96. The first kappa shape index (κ1) is 14.5. The lowest BCUT2D eigenvalue weighted by Gasteiger charge is -2.24. The molecule has 20 heavy (non-hydrogen) atoms. The first-order valence-electron chi connectivity index (χ1n) is 6.96. The fourth-order valence-corrected chi connectivity index (χ4v) is 2.62. The smallest absolute Gasteiger partial charge is 0.335 e. The van der Waals surface area contributed by atoms with E-state index in [2.05, 4.69) is 38.0 Å². The number of aromatic carboxylic acids is 1. The predicted molar refractivity (Wildman–Crippen MR) is 77.7 cm³/mol. The zero-order valence-corrected chi connectivity index (χ0v) is 12.4. The highest BCUT2D eigenvalue weighted by Crippen LogP contribution is 2.24. The van der Waals surface area contributed by atoms with Crippen molar-refractivity contribution in [2.45, 2.75) is 34.2 Å². The van der Waals surface area contributed by atoms with Crippen LogP contribution in [0.5, 0.6) is 0 Å². The number of hydrogen-bond donors (Lipinski definition) is 1. The highest BCUT2D eigenvalue weighted by molar-refractivity contribution is 5.92. The molecule has 0 unspecified atom stereocenters. The van der Waals surface area contributed by atoms with Crippen molar-refractivity contribution in [2.24, 2.45) is 17.8 Å². The number of aromatic nitrogens is 3. The van der Waals surface area contributed by atoms with Crippen LogP contribution in [0.25, 0.3) is 11.0 Å². The fraction of sp³-hybridized carbons (Fsp3) is 0.533. The molecule has 108 valence electrons. The Morgan fingerprint density at radius 3 is 2.45 bits per heavy atom. The SMILES string of the molecule is CC(C)C(Cn1nnc2ccc(C(=O)O)cc21)C(C)C. The Balaban J connectivity index is 2.39. The molecule has 0 aliphatic rings. The van der Waals surface area contributed by atoms with Gasteiger partial charge < -0.3 is 5.11 Å². The van der Waals surface area contributed by atoms with Gasteiger partial charge in [0.15, 0.2) is 0 Å². The van der Waals surface area contributed by atoms with E-state index in [1.54, 1.807) is 18.2 Å². The zero-order valence-electron chi connectivity index (χ0n) is 12.4. The van der Waals surface area contributed by atoms with E-state index >= 15 is 0 Å². The second-order valence-electron chi connectivity index (χ2n) is 5.93. The van der Waals surface area contributed by atoms with Crippen LogP contribution in [-0.2, 0) is 6.54 Å². The monoisotopic (exact) mass is 275 g/mol. The normalized spacial score (nSPS) is 11.9. The zero-order chi connectivity index (χ0) is 14.9. The largest absolute Gasteiger partial charge is 0.478 e. The number of rotatable bonds is 5. The maximum absolute atomic E-state index is 11.1. The molecule has 0 radical (unpaired) electrons. The molecule has 5 nitrogen and oxygen atoms in total. The van der Waals surface area contributed by atoms with E-state index in [0.29, 0.717) is 17.8 Å².